The van der Waals surface area contributed by atoms with E-state index in [4.69, 9.17) is 4.74 Å². The average molecular weight is 208 g/mol. The van der Waals surface area contributed by atoms with Gasteiger partial charge in [-0.3, -0.25) is 0 Å². The minimum atomic E-state index is 0.390. The Hall–Kier alpha value is -0.0400. The predicted octanol–water partition coefficient (Wildman–Crippen LogP) is 3.92. The molecule has 1 saturated heterocycles. The molecule has 0 amide bonds. The monoisotopic (exact) mass is 208 g/mol. The van der Waals surface area contributed by atoms with Gasteiger partial charge in [-0.05, 0) is 37.5 Å². The van der Waals surface area contributed by atoms with Crippen LogP contribution in [0.2, 0.25) is 0 Å². The van der Waals surface area contributed by atoms with Gasteiger partial charge in [0, 0.05) is 0 Å². The van der Waals surface area contributed by atoms with Crippen molar-refractivity contribution in [2.75, 3.05) is 6.61 Å². The highest BCUT2D eigenvalue weighted by molar-refractivity contribution is 5.04. The van der Waals surface area contributed by atoms with Gasteiger partial charge < -0.3 is 4.74 Å². The zero-order chi connectivity index (χ0) is 10.1. The van der Waals surface area contributed by atoms with Crippen molar-refractivity contribution in [2.45, 2.75) is 69.8 Å². The van der Waals surface area contributed by atoms with Gasteiger partial charge in [-0.2, -0.15) is 0 Å². The summed E-state index contributed by atoms with van der Waals surface area (Å²) in [5, 5.41) is 0. The van der Waals surface area contributed by atoms with Gasteiger partial charge in [-0.25, -0.2) is 0 Å². The van der Waals surface area contributed by atoms with Gasteiger partial charge in [0.2, 0.25) is 0 Å². The van der Waals surface area contributed by atoms with Gasteiger partial charge in [0.05, 0.1) is 12.2 Å². The molecule has 86 valence electrons. The van der Waals surface area contributed by atoms with Gasteiger partial charge >= 0.3 is 0 Å². The van der Waals surface area contributed by atoms with E-state index in [0.29, 0.717) is 5.60 Å². The second-order valence-corrected chi connectivity index (χ2v) is 5.91. The quantitative estimate of drug-likeness (QED) is 0.627. The molecule has 3 fully saturated rings. The summed E-state index contributed by atoms with van der Waals surface area (Å²) in [6.45, 7) is 1.10. The van der Waals surface area contributed by atoms with Gasteiger partial charge in [0.1, 0.15) is 0 Å². The van der Waals surface area contributed by atoms with Gasteiger partial charge in [-0.1, -0.05) is 38.5 Å². The zero-order valence-corrected chi connectivity index (χ0v) is 9.84. The summed E-state index contributed by atoms with van der Waals surface area (Å²) in [6, 6.07) is 0. The van der Waals surface area contributed by atoms with E-state index in [0.717, 1.165) is 18.4 Å². The summed E-state index contributed by atoms with van der Waals surface area (Å²) in [6.07, 6.45) is 14.6. The van der Waals surface area contributed by atoms with E-state index >= 15 is 0 Å². The van der Waals surface area contributed by atoms with E-state index in [1.165, 1.54) is 64.2 Å². The van der Waals surface area contributed by atoms with Gasteiger partial charge in [0.15, 0.2) is 0 Å². The minimum absolute atomic E-state index is 0.390. The fourth-order valence-electron chi connectivity index (χ4n) is 4.07. The molecule has 3 aliphatic rings. The van der Waals surface area contributed by atoms with Crippen molar-refractivity contribution in [2.24, 2.45) is 11.8 Å². The highest BCUT2D eigenvalue weighted by atomic mass is 16.6. The number of epoxide rings is 1. The average Bonchev–Trinajstić information content (AvgIpc) is 3.13. The number of ether oxygens (including phenoxy) is 1. The SMILES string of the molecule is C1CCC(C2(C3CCCCC3)CO2)CC1. The Morgan fingerprint density at radius 1 is 0.667 bits per heavy atom. The molecule has 1 heteroatoms. The van der Waals surface area contributed by atoms with Crippen LogP contribution in [0.4, 0.5) is 0 Å². The Morgan fingerprint density at radius 2 is 1.07 bits per heavy atom. The lowest BCUT2D eigenvalue weighted by Crippen LogP contribution is -2.35. The molecule has 2 saturated carbocycles. The normalized spacial score (nSPS) is 32.8. The summed E-state index contributed by atoms with van der Waals surface area (Å²) in [5.41, 5.74) is 0.390. The van der Waals surface area contributed by atoms with Crippen molar-refractivity contribution in [3.63, 3.8) is 0 Å². The van der Waals surface area contributed by atoms with Crippen LogP contribution in [-0.2, 0) is 4.74 Å². The number of rotatable bonds is 2. The van der Waals surface area contributed by atoms with Crippen molar-refractivity contribution < 1.29 is 4.74 Å². The second kappa shape index (κ2) is 4.08. The van der Waals surface area contributed by atoms with Crippen molar-refractivity contribution in [3.8, 4) is 0 Å². The lowest BCUT2D eigenvalue weighted by Gasteiger charge is -2.35. The fraction of sp³-hybridized carbons (Fsp3) is 1.00. The van der Waals surface area contributed by atoms with Crippen molar-refractivity contribution >= 4 is 0 Å². The zero-order valence-electron chi connectivity index (χ0n) is 9.84. The molecular weight excluding hydrogens is 184 g/mol. The van der Waals surface area contributed by atoms with Gasteiger partial charge in [0.25, 0.3) is 0 Å². The van der Waals surface area contributed by atoms with Crippen molar-refractivity contribution in [1.82, 2.24) is 0 Å². The second-order valence-electron chi connectivity index (χ2n) is 5.91. The molecule has 0 spiro atoms. The third-order valence-electron chi connectivity index (χ3n) is 5.07. The topological polar surface area (TPSA) is 12.5 Å². The molecule has 2 aliphatic carbocycles. The molecule has 0 atom stereocenters. The summed E-state index contributed by atoms with van der Waals surface area (Å²) in [4.78, 5) is 0. The number of hydrogen-bond acceptors (Lipinski definition) is 1. The van der Waals surface area contributed by atoms with Crippen LogP contribution >= 0.6 is 0 Å². The minimum Gasteiger partial charge on any atom is -0.369 e. The summed E-state index contributed by atoms with van der Waals surface area (Å²) >= 11 is 0. The maximum Gasteiger partial charge on any atom is 0.0972 e. The lowest BCUT2D eigenvalue weighted by molar-refractivity contribution is 0.0906. The Morgan fingerprint density at radius 3 is 1.40 bits per heavy atom. The predicted molar refractivity (Wildman–Crippen MR) is 61.8 cm³/mol. The largest absolute Gasteiger partial charge is 0.369 e. The maximum atomic E-state index is 5.98. The van der Waals surface area contributed by atoms with Crippen LogP contribution in [0, 0.1) is 11.8 Å². The van der Waals surface area contributed by atoms with Crippen LogP contribution in [0.15, 0.2) is 0 Å². The molecule has 1 nitrogen and oxygen atoms in total. The van der Waals surface area contributed by atoms with E-state index in [-0.39, 0.29) is 0 Å². The fourth-order valence-corrected chi connectivity index (χ4v) is 4.07. The third-order valence-corrected chi connectivity index (χ3v) is 5.07. The Balaban J connectivity index is 1.66. The summed E-state index contributed by atoms with van der Waals surface area (Å²) < 4.78 is 5.98. The highest BCUT2D eigenvalue weighted by Gasteiger charge is 2.56. The molecule has 1 aliphatic heterocycles. The van der Waals surface area contributed by atoms with Crippen LogP contribution in [0.1, 0.15) is 64.2 Å². The summed E-state index contributed by atoms with van der Waals surface area (Å²) in [5.74, 6) is 1.85. The molecule has 0 aromatic rings. The molecule has 3 rings (SSSR count). The first-order chi connectivity index (χ1) is 7.42. The first-order valence-electron chi connectivity index (χ1n) is 7.06. The van der Waals surface area contributed by atoms with E-state index < -0.39 is 0 Å². The smallest absolute Gasteiger partial charge is 0.0972 e. The molecule has 0 radical (unpaired) electrons. The third kappa shape index (κ3) is 1.84. The Kier molecular flexibility index (Phi) is 2.76. The Labute approximate surface area is 93.6 Å². The molecule has 0 aromatic heterocycles. The molecule has 0 unspecified atom stereocenters. The van der Waals surface area contributed by atoms with Crippen LogP contribution < -0.4 is 0 Å². The van der Waals surface area contributed by atoms with Crippen LogP contribution in [0.3, 0.4) is 0 Å². The van der Waals surface area contributed by atoms with Crippen LogP contribution in [-0.4, -0.2) is 12.2 Å². The standard InChI is InChI=1S/C14H24O/c1-3-7-12(8-4-1)14(11-15-14)13-9-5-2-6-10-13/h12-13H,1-11H2. The van der Waals surface area contributed by atoms with E-state index in [9.17, 15) is 0 Å². The first-order valence-corrected chi connectivity index (χ1v) is 7.06. The van der Waals surface area contributed by atoms with E-state index in [2.05, 4.69) is 0 Å². The van der Waals surface area contributed by atoms with E-state index in [1.54, 1.807) is 0 Å². The maximum absolute atomic E-state index is 5.98. The molecule has 0 bridgehead atoms. The molecular formula is C14H24O. The molecule has 0 aromatic carbocycles. The summed E-state index contributed by atoms with van der Waals surface area (Å²) in [7, 11) is 0. The Bertz CT molecular complexity index is 187. The molecule has 15 heavy (non-hydrogen) atoms. The van der Waals surface area contributed by atoms with Crippen molar-refractivity contribution in [3.05, 3.63) is 0 Å². The van der Waals surface area contributed by atoms with Crippen molar-refractivity contribution in [1.29, 1.82) is 0 Å². The van der Waals surface area contributed by atoms with Crippen LogP contribution in [0.25, 0.3) is 0 Å². The van der Waals surface area contributed by atoms with E-state index in [1.807, 2.05) is 0 Å². The molecule has 0 N–H and O–H groups in total. The number of hydrogen-bond donors (Lipinski definition) is 0. The van der Waals surface area contributed by atoms with Gasteiger partial charge in [-0.15, -0.1) is 0 Å². The molecule has 1 heterocycles. The lowest BCUT2D eigenvalue weighted by atomic mass is 9.69. The van der Waals surface area contributed by atoms with Crippen LogP contribution in [0.5, 0.6) is 0 Å². The highest BCUT2D eigenvalue weighted by Crippen LogP contribution is 2.52. The first kappa shape index (κ1) is 10.1.